The number of nitrogens with one attached hydrogen (secondary N) is 1. The number of H-pyrrole nitrogens is 1. The van der Waals surface area contributed by atoms with Crippen molar-refractivity contribution in [1.29, 1.82) is 0 Å². The SMILES string of the molecule is COC1CN(c2ccc(SN(C)C)cc2-c2cc3ccccc3[nH]2)C1. The van der Waals surface area contributed by atoms with Crippen molar-refractivity contribution in [3.63, 3.8) is 0 Å². The molecule has 1 fully saturated rings. The number of hydrogen-bond donors (Lipinski definition) is 1. The molecule has 1 aromatic heterocycles. The molecule has 25 heavy (non-hydrogen) atoms. The molecular weight excluding hydrogens is 330 g/mol. The van der Waals surface area contributed by atoms with Crippen molar-refractivity contribution in [2.24, 2.45) is 0 Å². The van der Waals surface area contributed by atoms with E-state index in [0.29, 0.717) is 6.10 Å². The number of aromatic nitrogens is 1. The van der Waals surface area contributed by atoms with Crippen LogP contribution in [0.5, 0.6) is 0 Å². The minimum Gasteiger partial charge on any atom is -0.378 e. The first kappa shape index (κ1) is 16.5. The number of fused-ring (bicyclic) bond motifs is 1. The Labute approximate surface area is 152 Å². The van der Waals surface area contributed by atoms with E-state index >= 15 is 0 Å². The summed E-state index contributed by atoms with van der Waals surface area (Å²) >= 11 is 1.74. The van der Waals surface area contributed by atoms with Gasteiger partial charge in [-0.15, -0.1) is 0 Å². The Morgan fingerprint density at radius 2 is 1.92 bits per heavy atom. The van der Waals surface area contributed by atoms with E-state index in [4.69, 9.17) is 4.74 Å². The van der Waals surface area contributed by atoms with Gasteiger partial charge >= 0.3 is 0 Å². The van der Waals surface area contributed by atoms with Crippen molar-refractivity contribution in [2.45, 2.75) is 11.0 Å². The topological polar surface area (TPSA) is 31.5 Å². The van der Waals surface area contributed by atoms with Crippen LogP contribution < -0.4 is 4.90 Å². The fraction of sp³-hybridized carbons (Fsp3) is 0.300. The van der Waals surface area contributed by atoms with Gasteiger partial charge in [0.25, 0.3) is 0 Å². The number of aromatic amines is 1. The van der Waals surface area contributed by atoms with Crippen LogP contribution in [-0.4, -0.2) is 49.7 Å². The fourth-order valence-corrected chi connectivity index (χ4v) is 4.00. The van der Waals surface area contributed by atoms with Crippen molar-refractivity contribution in [2.75, 3.05) is 39.2 Å². The van der Waals surface area contributed by atoms with E-state index in [2.05, 4.69) is 76.8 Å². The number of benzene rings is 2. The Kier molecular flexibility index (Phi) is 4.46. The van der Waals surface area contributed by atoms with Gasteiger partial charge in [-0.25, -0.2) is 0 Å². The first-order chi connectivity index (χ1) is 12.1. The second-order valence-corrected chi connectivity index (χ2v) is 8.00. The quantitative estimate of drug-likeness (QED) is 0.695. The third-order valence-corrected chi connectivity index (χ3v) is 5.43. The molecule has 0 aliphatic carbocycles. The summed E-state index contributed by atoms with van der Waals surface area (Å²) in [5, 5.41) is 1.24. The zero-order valence-corrected chi connectivity index (χ0v) is 15.6. The molecule has 0 unspecified atom stereocenters. The number of nitrogens with zero attached hydrogens (tertiary/aromatic N) is 2. The van der Waals surface area contributed by atoms with Crippen LogP contribution in [-0.2, 0) is 4.74 Å². The van der Waals surface area contributed by atoms with E-state index in [9.17, 15) is 0 Å². The van der Waals surface area contributed by atoms with Gasteiger partial charge in [-0.05, 0) is 56.4 Å². The number of ether oxygens (including phenoxy) is 1. The molecule has 0 spiro atoms. The van der Waals surface area contributed by atoms with Gasteiger partial charge in [0.2, 0.25) is 0 Å². The highest BCUT2D eigenvalue weighted by Crippen LogP contribution is 2.38. The average Bonchev–Trinajstić information content (AvgIpc) is 2.98. The van der Waals surface area contributed by atoms with Crippen molar-refractivity contribution in [3.8, 4) is 11.3 Å². The summed E-state index contributed by atoms with van der Waals surface area (Å²) in [4.78, 5) is 7.21. The van der Waals surface area contributed by atoms with Gasteiger partial charge in [-0.3, -0.25) is 4.31 Å². The Balaban J connectivity index is 1.76. The lowest BCUT2D eigenvalue weighted by Crippen LogP contribution is -2.52. The first-order valence-electron chi connectivity index (χ1n) is 8.49. The van der Waals surface area contributed by atoms with Crippen molar-refractivity contribution >= 4 is 28.5 Å². The number of para-hydroxylation sites is 1. The van der Waals surface area contributed by atoms with E-state index in [1.165, 1.54) is 32.7 Å². The summed E-state index contributed by atoms with van der Waals surface area (Å²) in [6.45, 7) is 1.90. The van der Waals surface area contributed by atoms with Gasteiger partial charge in [-0.2, -0.15) is 0 Å². The van der Waals surface area contributed by atoms with Gasteiger partial charge < -0.3 is 14.6 Å². The lowest BCUT2D eigenvalue weighted by molar-refractivity contribution is 0.0788. The molecule has 130 valence electrons. The molecule has 1 aliphatic heterocycles. The van der Waals surface area contributed by atoms with Crippen LogP contribution in [0.4, 0.5) is 5.69 Å². The summed E-state index contributed by atoms with van der Waals surface area (Å²) in [5.41, 5.74) is 4.85. The number of anilines is 1. The second-order valence-electron chi connectivity index (χ2n) is 6.62. The van der Waals surface area contributed by atoms with Gasteiger partial charge in [0.1, 0.15) is 0 Å². The highest BCUT2D eigenvalue weighted by atomic mass is 32.2. The third-order valence-electron chi connectivity index (χ3n) is 4.60. The molecule has 0 saturated carbocycles. The summed E-state index contributed by atoms with van der Waals surface area (Å²) in [6, 6.07) is 17.4. The maximum absolute atomic E-state index is 5.45. The van der Waals surface area contributed by atoms with Crippen LogP contribution >= 0.6 is 11.9 Å². The molecule has 1 aliphatic rings. The van der Waals surface area contributed by atoms with E-state index in [0.717, 1.165) is 13.1 Å². The molecule has 0 amide bonds. The summed E-state index contributed by atoms with van der Waals surface area (Å²) in [5.74, 6) is 0. The van der Waals surface area contributed by atoms with Crippen LogP contribution in [0.2, 0.25) is 0 Å². The smallest absolute Gasteiger partial charge is 0.0920 e. The third kappa shape index (κ3) is 3.27. The standard InChI is InChI=1S/C20H23N3OS/c1-22(2)25-16-8-9-20(23-12-15(13-23)24-3)17(11-16)19-10-14-6-4-5-7-18(14)21-19/h4-11,15,21H,12-13H2,1-3H3. The molecule has 0 radical (unpaired) electrons. The molecule has 3 aromatic rings. The number of rotatable bonds is 5. The number of methoxy groups -OCH3 is 1. The molecule has 2 aromatic carbocycles. The van der Waals surface area contributed by atoms with Gasteiger partial charge in [-0.1, -0.05) is 18.2 Å². The van der Waals surface area contributed by atoms with Gasteiger partial charge in [0.05, 0.1) is 6.10 Å². The summed E-state index contributed by atoms with van der Waals surface area (Å²) < 4.78 is 7.57. The van der Waals surface area contributed by atoms with E-state index in [1.54, 1.807) is 19.1 Å². The van der Waals surface area contributed by atoms with E-state index in [1.807, 2.05) is 0 Å². The molecule has 5 heteroatoms. The largest absolute Gasteiger partial charge is 0.378 e. The maximum Gasteiger partial charge on any atom is 0.0920 e. The summed E-state index contributed by atoms with van der Waals surface area (Å²) in [7, 11) is 5.93. The Morgan fingerprint density at radius 1 is 1.12 bits per heavy atom. The van der Waals surface area contributed by atoms with Crippen molar-refractivity contribution < 1.29 is 4.74 Å². The Hall–Kier alpha value is -1.95. The molecule has 1 N–H and O–H groups in total. The second kappa shape index (κ2) is 6.75. The normalized spacial score (nSPS) is 15.1. The highest BCUT2D eigenvalue weighted by Gasteiger charge is 2.28. The lowest BCUT2D eigenvalue weighted by atomic mass is 10.0. The monoisotopic (exact) mass is 353 g/mol. The average molecular weight is 353 g/mol. The van der Waals surface area contributed by atoms with Crippen LogP contribution in [0.1, 0.15) is 0 Å². The zero-order valence-electron chi connectivity index (χ0n) is 14.8. The van der Waals surface area contributed by atoms with Gasteiger partial charge in [0, 0.05) is 52.9 Å². The zero-order chi connectivity index (χ0) is 17.4. The Bertz CT molecular complexity index is 851. The molecule has 4 nitrogen and oxygen atoms in total. The van der Waals surface area contributed by atoms with Crippen molar-refractivity contribution in [3.05, 3.63) is 48.5 Å². The van der Waals surface area contributed by atoms with Crippen LogP contribution in [0.25, 0.3) is 22.2 Å². The molecule has 2 heterocycles. The van der Waals surface area contributed by atoms with Crippen LogP contribution in [0, 0.1) is 0 Å². The van der Waals surface area contributed by atoms with E-state index < -0.39 is 0 Å². The first-order valence-corrected chi connectivity index (χ1v) is 9.26. The predicted molar refractivity (Wildman–Crippen MR) is 106 cm³/mol. The summed E-state index contributed by atoms with van der Waals surface area (Å²) in [6.07, 6.45) is 0.339. The lowest BCUT2D eigenvalue weighted by Gasteiger charge is -2.41. The molecule has 0 atom stereocenters. The molecular formula is C20H23N3OS. The van der Waals surface area contributed by atoms with Gasteiger partial charge in [0.15, 0.2) is 0 Å². The molecule has 4 rings (SSSR count). The molecule has 1 saturated heterocycles. The maximum atomic E-state index is 5.45. The highest BCUT2D eigenvalue weighted by molar-refractivity contribution is 7.97. The minimum atomic E-state index is 0.339. The van der Waals surface area contributed by atoms with Crippen LogP contribution in [0.3, 0.4) is 0 Å². The van der Waals surface area contributed by atoms with Crippen LogP contribution in [0.15, 0.2) is 53.4 Å². The van der Waals surface area contributed by atoms with E-state index in [-0.39, 0.29) is 0 Å². The molecule has 0 bridgehead atoms. The Morgan fingerprint density at radius 3 is 2.64 bits per heavy atom. The predicted octanol–water partition coefficient (Wildman–Crippen LogP) is 4.24. The number of hydrogen-bond acceptors (Lipinski definition) is 4. The minimum absolute atomic E-state index is 0.339. The van der Waals surface area contributed by atoms with Crippen molar-refractivity contribution in [1.82, 2.24) is 9.29 Å². The fourth-order valence-electron chi connectivity index (χ4n) is 3.28.